The van der Waals surface area contributed by atoms with Crippen LogP contribution in [-0.4, -0.2) is 75.1 Å². The molecule has 0 bridgehead atoms. The lowest BCUT2D eigenvalue weighted by atomic mass is 10.3. The minimum atomic E-state index is -3.35. The highest BCUT2D eigenvalue weighted by Crippen LogP contribution is 2.05. The van der Waals surface area contributed by atoms with E-state index in [0.717, 1.165) is 10.6 Å². The SMILES string of the molecule is CC(C)O[C@H](COC(=O)[C@@H](N)CO)CN(C)S(C)(=O)=O. The van der Waals surface area contributed by atoms with E-state index in [1.54, 1.807) is 13.8 Å². The highest BCUT2D eigenvalue weighted by Gasteiger charge is 2.22. The van der Waals surface area contributed by atoms with Gasteiger partial charge in [-0.2, -0.15) is 0 Å². The summed E-state index contributed by atoms with van der Waals surface area (Å²) in [6.45, 7) is 2.98. The molecule has 0 fully saturated rings. The summed E-state index contributed by atoms with van der Waals surface area (Å²) < 4.78 is 34.2. The first kappa shape index (κ1) is 19.3. The van der Waals surface area contributed by atoms with E-state index < -0.39 is 34.7 Å². The fraction of sp³-hybridized carbons (Fsp3) is 0.909. The van der Waals surface area contributed by atoms with Gasteiger partial charge in [0.25, 0.3) is 0 Å². The smallest absolute Gasteiger partial charge is 0.325 e. The van der Waals surface area contributed by atoms with Gasteiger partial charge in [0.1, 0.15) is 18.8 Å². The molecule has 0 saturated heterocycles. The Morgan fingerprint density at radius 1 is 1.40 bits per heavy atom. The number of likely N-dealkylation sites (N-methyl/N-ethyl adjacent to an activating group) is 1. The lowest BCUT2D eigenvalue weighted by molar-refractivity contribution is -0.151. The van der Waals surface area contributed by atoms with E-state index in [0.29, 0.717) is 0 Å². The molecule has 0 unspecified atom stereocenters. The van der Waals surface area contributed by atoms with Gasteiger partial charge in [-0.25, -0.2) is 12.7 Å². The third-order valence-electron chi connectivity index (χ3n) is 2.40. The monoisotopic (exact) mass is 312 g/mol. The molecule has 20 heavy (non-hydrogen) atoms. The first-order valence-electron chi connectivity index (χ1n) is 6.17. The van der Waals surface area contributed by atoms with Crippen LogP contribution in [0, 0.1) is 0 Å². The van der Waals surface area contributed by atoms with Crippen molar-refractivity contribution < 1.29 is 27.8 Å². The lowest BCUT2D eigenvalue weighted by Gasteiger charge is -2.24. The highest BCUT2D eigenvalue weighted by atomic mass is 32.2. The third kappa shape index (κ3) is 7.75. The Labute approximate surface area is 119 Å². The predicted molar refractivity (Wildman–Crippen MR) is 73.5 cm³/mol. The van der Waals surface area contributed by atoms with Crippen molar-refractivity contribution in [2.24, 2.45) is 5.73 Å². The van der Waals surface area contributed by atoms with Crippen LogP contribution in [0.1, 0.15) is 13.8 Å². The summed E-state index contributed by atoms with van der Waals surface area (Å²) in [7, 11) is -1.94. The van der Waals surface area contributed by atoms with Crippen molar-refractivity contribution in [3.63, 3.8) is 0 Å². The molecule has 0 saturated carbocycles. The molecule has 0 heterocycles. The van der Waals surface area contributed by atoms with Gasteiger partial charge in [-0.3, -0.25) is 4.79 Å². The highest BCUT2D eigenvalue weighted by molar-refractivity contribution is 7.88. The van der Waals surface area contributed by atoms with Crippen molar-refractivity contribution in [3.05, 3.63) is 0 Å². The molecule has 0 rings (SSSR count). The molecule has 8 nitrogen and oxygen atoms in total. The Kier molecular flexibility index (Phi) is 8.21. The maximum absolute atomic E-state index is 11.4. The topological polar surface area (TPSA) is 119 Å². The van der Waals surface area contributed by atoms with Gasteiger partial charge in [0.15, 0.2) is 0 Å². The summed E-state index contributed by atoms with van der Waals surface area (Å²) >= 11 is 0. The van der Waals surface area contributed by atoms with Crippen LogP contribution in [0.2, 0.25) is 0 Å². The van der Waals surface area contributed by atoms with E-state index >= 15 is 0 Å². The number of hydrogen-bond acceptors (Lipinski definition) is 7. The minimum absolute atomic E-state index is 0.0542. The molecular formula is C11H24N2O6S. The van der Waals surface area contributed by atoms with Crippen LogP contribution in [0.5, 0.6) is 0 Å². The van der Waals surface area contributed by atoms with Gasteiger partial charge in [0.05, 0.1) is 19.0 Å². The number of ether oxygens (including phenoxy) is 2. The quantitative estimate of drug-likeness (QED) is 0.499. The molecule has 0 aromatic carbocycles. The number of nitrogens with two attached hydrogens (primary N) is 1. The third-order valence-corrected chi connectivity index (χ3v) is 3.68. The van der Waals surface area contributed by atoms with Crippen molar-refractivity contribution in [1.82, 2.24) is 4.31 Å². The number of sulfonamides is 1. The Morgan fingerprint density at radius 3 is 2.35 bits per heavy atom. The average molecular weight is 312 g/mol. The van der Waals surface area contributed by atoms with Crippen LogP contribution in [0.4, 0.5) is 0 Å². The standard InChI is InChI=1S/C11H24N2O6S/c1-8(2)19-9(5-13(3)20(4,16)17)7-18-11(15)10(12)6-14/h8-10,14H,5-7,12H2,1-4H3/t9-,10-/m0/s1. The zero-order valence-corrected chi connectivity index (χ0v) is 13.1. The second kappa shape index (κ2) is 8.53. The van der Waals surface area contributed by atoms with Gasteiger partial charge in [0, 0.05) is 13.6 Å². The molecule has 0 spiro atoms. The van der Waals surface area contributed by atoms with E-state index in [2.05, 4.69) is 0 Å². The van der Waals surface area contributed by atoms with E-state index in [1.165, 1.54) is 7.05 Å². The summed E-state index contributed by atoms with van der Waals surface area (Å²) in [5.41, 5.74) is 5.30. The van der Waals surface area contributed by atoms with Gasteiger partial charge in [0.2, 0.25) is 10.0 Å². The molecule has 120 valence electrons. The number of esters is 1. The van der Waals surface area contributed by atoms with Crippen LogP contribution in [-0.2, 0) is 24.3 Å². The number of aliphatic hydroxyl groups excluding tert-OH is 1. The number of carbonyl (C=O) groups is 1. The summed E-state index contributed by atoms with van der Waals surface area (Å²) in [4.78, 5) is 11.4. The maximum atomic E-state index is 11.4. The van der Waals surface area contributed by atoms with Crippen molar-refractivity contribution in [3.8, 4) is 0 Å². The van der Waals surface area contributed by atoms with Crippen molar-refractivity contribution in [2.45, 2.75) is 32.1 Å². The zero-order valence-electron chi connectivity index (χ0n) is 12.3. The molecule has 0 radical (unpaired) electrons. The average Bonchev–Trinajstić information content (AvgIpc) is 2.32. The van der Waals surface area contributed by atoms with E-state index in [9.17, 15) is 13.2 Å². The fourth-order valence-corrected chi connectivity index (χ4v) is 1.74. The summed E-state index contributed by atoms with van der Waals surface area (Å²) in [5.74, 6) is -0.758. The Balaban J connectivity index is 4.54. The van der Waals surface area contributed by atoms with Crippen molar-refractivity contribution in [2.75, 3.05) is 33.1 Å². The van der Waals surface area contributed by atoms with Crippen LogP contribution in [0.3, 0.4) is 0 Å². The Hall–Kier alpha value is -0.740. The first-order valence-corrected chi connectivity index (χ1v) is 8.02. The molecule has 2 atom stereocenters. The van der Waals surface area contributed by atoms with E-state index in [-0.39, 0.29) is 19.3 Å². The zero-order chi connectivity index (χ0) is 15.9. The largest absolute Gasteiger partial charge is 0.462 e. The van der Waals surface area contributed by atoms with Crippen molar-refractivity contribution >= 4 is 16.0 Å². The number of aliphatic hydroxyl groups is 1. The van der Waals surface area contributed by atoms with E-state index in [4.69, 9.17) is 20.3 Å². The molecule has 0 aliphatic rings. The number of hydrogen-bond donors (Lipinski definition) is 2. The molecular weight excluding hydrogens is 288 g/mol. The van der Waals surface area contributed by atoms with Gasteiger partial charge in [-0.15, -0.1) is 0 Å². The number of carbonyl (C=O) groups excluding carboxylic acids is 1. The molecule has 0 aliphatic heterocycles. The molecule has 0 aromatic heterocycles. The predicted octanol–water partition coefficient (Wildman–Crippen LogP) is -1.47. The van der Waals surface area contributed by atoms with Crippen LogP contribution >= 0.6 is 0 Å². The minimum Gasteiger partial charge on any atom is -0.462 e. The molecule has 0 aromatic rings. The maximum Gasteiger partial charge on any atom is 0.325 e. The second-order valence-electron chi connectivity index (χ2n) is 4.77. The number of rotatable bonds is 9. The second-order valence-corrected chi connectivity index (χ2v) is 6.86. The van der Waals surface area contributed by atoms with Gasteiger partial charge < -0.3 is 20.3 Å². The summed E-state index contributed by atoms with van der Waals surface area (Å²) in [6.07, 6.45) is 0.315. The van der Waals surface area contributed by atoms with Crippen molar-refractivity contribution in [1.29, 1.82) is 0 Å². The van der Waals surface area contributed by atoms with Gasteiger partial charge in [-0.1, -0.05) is 0 Å². The molecule has 3 N–H and O–H groups in total. The summed E-state index contributed by atoms with van der Waals surface area (Å²) in [6, 6.07) is -1.11. The van der Waals surface area contributed by atoms with E-state index in [1.807, 2.05) is 0 Å². The lowest BCUT2D eigenvalue weighted by Crippen LogP contribution is -2.41. The van der Waals surface area contributed by atoms with Crippen LogP contribution < -0.4 is 5.73 Å². The fourth-order valence-electron chi connectivity index (χ4n) is 1.30. The van der Waals surface area contributed by atoms with Crippen LogP contribution in [0.15, 0.2) is 0 Å². The molecule has 0 amide bonds. The van der Waals surface area contributed by atoms with Gasteiger partial charge >= 0.3 is 5.97 Å². The van der Waals surface area contributed by atoms with Crippen LogP contribution in [0.25, 0.3) is 0 Å². The first-order chi connectivity index (χ1) is 9.07. The van der Waals surface area contributed by atoms with Gasteiger partial charge in [-0.05, 0) is 13.8 Å². The molecule has 0 aliphatic carbocycles. The number of nitrogens with zero attached hydrogens (tertiary/aromatic N) is 1. The normalized spacial score (nSPS) is 15.4. The molecule has 9 heteroatoms. The Morgan fingerprint density at radius 2 is 1.95 bits per heavy atom. The Bertz CT molecular complexity index is 398. The summed E-state index contributed by atoms with van der Waals surface area (Å²) in [5, 5.41) is 8.72.